The summed E-state index contributed by atoms with van der Waals surface area (Å²) in [6, 6.07) is 0. The van der Waals surface area contributed by atoms with E-state index in [0.29, 0.717) is 16.7 Å². The second kappa shape index (κ2) is 8.76. The van der Waals surface area contributed by atoms with Crippen molar-refractivity contribution in [2.24, 2.45) is 34.5 Å². The highest BCUT2D eigenvalue weighted by molar-refractivity contribution is 7.79. The number of aliphatic hydroxyl groups is 1. The Morgan fingerprint density at radius 1 is 1.13 bits per heavy atom. The van der Waals surface area contributed by atoms with Gasteiger partial charge >= 0.3 is 16.4 Å². The molecule has 0 amide bonds. The van der Waals surface area contributed by atoms with E-state index in [0.717, 1.165) is 37.0 Å². The van der Waals surface area contributed by atoms with E-state index in [-0.39, 0.29) is 18.2 Å². The molecule has 0 aromatic heterocycles. The molecule has 0 aromatic carbocycles. The van der Waals surface area contributed by atoms with Gasteiger partial charge in [0.2, 0.25) is 0 Å². The van der Waals surface area contributed by atoms with Gasteiger partial charge in [0.25, 0.3) is 0 Å². The number of carbonyl (C=O) groups excluding carboxylic acids is 1. The Labute approximate surface area is 186 Å². The first-order valence-corrected chi connectivity index (χ1v) is 12.9. The van der Waals surface area contributed by atoms with Crippen molar-refractivity contribution < 1.29 is 32.2 Å². The summed E-state index contributed by atoms with van der Waals surface area (Å²) in [6.45, 7) is 8.61. The summed E-state index contributed by atoms with van der Waals surface area (Å²) >= 11 is 0. The third kappa shape index (κ3) is 5.02. The third-order valence-corrected chi connectivity index (χ3v) is 9.07. The van der Waals surface area contributed by atoms with Gasteiger partial charge in [0.05, 0.1) is 6.10 Å². The molecule has 178 valence electrons. The van der Waals surface area contributed by atoms with Crippen LogP contribution in [0.25, 0.3) is 0 Å². The van der Waals surface area contributed by atoms with Crippen LogP contribution in [0.5, 0.6) is 0 Å². The number of fused-ring (bicyclic) bond motifs is 5. The van der Waals surface area contributed by atoms with Crippen LogP contribution in [0, 0.1) is 34.5 Å². The Morgan fingerprint density at radius 2 is 1.77 bits per heavy atom. The number of esters is 1. The van der Waals surface area contributed by atoms with E-state index >= 15 is 0 Å². The molecule has 3 saturated carbocycles. The smallest absolute Gasteiger partial charge is 0.394 e. The summed E-state index contributed by atoms with van der Waals surface area (Å²) in [4.78, 5) is 11.5. The molecule has 0 aromatic rings. The molecule has 0 radical (unpaired) electrons. The van der Waals surface area contributed by atoms with Crippen molar-refractivity contribution in [3.8, 4) is 0 Å². The first-order chi connectivity index (χ1) is 14.3. The van der Waals surface area contributed by atoms with Crippen molar-refractivity contribution in [2.75, 3.05) is 0 Å². The fraction of sp³-hybridized carbons (Fsp3) is 0.870. The van der Waals surface area contributed by atoms with Gasteiger partial charge in [-0.2, -0.15) is 8.42 Å². The lowest BCUT2D eigenvalue weighted by Crippen LogP contribution is -2.51. The number of hydrogen-bond acceptors (Lipinski definition) is 5. The van der Waals surface area contributed by atoms with Gasteiger partial charge in [-0.15, -0.1) is 0 Å². The predicted octanol–water partition coefficient (Wildman–Crippen LogP) is 4.23. The largest absolute Gasteiger partial charge is 0.463 e. The Morgan fingerprint density at radius 3 is 2.39 bits per heavy atom. The van der Waals surface area contributed by atoms with E-state index in [9.17, 15) is 9.90 Å². The lowest BCUT2D eigenvalue weighted by atomic mass is 9.47. The van der Waals surface area contributed by atoms with Crippen molar-refractivity contribution in [1.29, 1.82) is 0 Å². The minimum absolute atomic E-state index is 0.0363. The predicted molar refractivity (Wildman–Crippen MR) is 117 cm³/mol. The average molecular weight is 459 g/mol. The highest BCUT2D eigenvalue weighted by Crippen LogP contribution is 2.66. The Kier molecular flexibility index (Phi) is 6.98. The van der Waals surface area contributed by atoms with E-state index in [1.165, 1.54) is 39.0 Å². The topological polar surface area (TPSA) is 121 Å². The molecule has 0 heterocycles. The summed E-state index contributed by atoms with van der Waals surface area (Å²) in [5.41, 5.74) is 2.17. The zero-order valence-corrected chi connectivity index (χ0v) is 19.9. The summed E-state index contributed by atoms with van der Waals surface area (Å²) < 4.78 is 37.2. The molecule has 4 rings (SSSR count). The van der Waals surface area contributed by atoms with Gasteiger partial charge in [-0.3, -0.25) is 13.9 Å². The molecule has 3 fully saturated rings. The molecule has 4 aliphatic rings. The van der Waals surface area contributed by atoms with Gasteiger partial charge in [-0.1, -0.05) is 25.5 Å². The number of ether oxygens (including phenoxy) is 1. The molecule has 8 heteroatoms. The summed E-state index contributed by atoms with van der Waals surface area (Å²) in [5.74, 6) is 2.66. The minimum atomic E-state index is -4.67. The van der Waals surface area contributed by atoms with Crippen molar-refractivity contribution in [3.05, 3.63) is 11.6 Å². The lowest BCUT2D eigenvalue weighted by Gasteiger charge is -2.58. The first-order valence-electron chi connectivity index (χ1n) is 11.5. The number of carbonyl (C=O) groups is 1. The van der Waals surface area contributed by atoms with Gasteiger partial charge in [-0.25, -0.2) is 0 Å². The maximum absolute atomic E-state index is 11.5. The van der Waals surface area contributed by atoms with E-state index in [1.54, 1.807) is 5.57 Å². The van der Waals surface area contributed by atoms with Gasteiger partial charge in [0.1, 0.15) is 6.10 Å². The Bertz CT molecular complexity index is 814. The average Bonchev–Trinajstić information content (AvgIpc) is 2.97. The molecule has 0 aliphatic heterocycles. The van der Waals surface area contributed by atoms with Crippen molar-refractivity contribution in [1.82, 2.24) is 0 Å². The molecule has 7 nitrogen and oxygen atoms in total. The SMILES string of the molecule is CC(=O)O[C@@H](C)[C@H]1CC[C@H]2[C@@H]3CC=C4C[C@@H](O)CC[C@]4(C)[C@H]3CC[C@]12C.O=S(=O)(O)O. The molecule has 8 atom stereocenters. The zero-order valence-electron chi connectivity index (χ0n) is 19.1. The van der Waals surface area contributed by atoms with Gasteiger partial charge in [-0.05, 0) is 86.9 Å². The molecular weight excluding hydrogens is 420 g/mol. The monoisotopic (exact) mass is 458 g/mol. The second-order valence-corrected chi connectivity index (χ2v) is 11.5. The molecule has 4 aliphatic carbocycles. The Hall–Kier alpha value is -0.960. The number of allylic oxidation sites excluding steroid dienone is 1. The summed E-state index contributed by atoms with van der Waals surface area (Å²) in [5, 5.41) is 10.1. The number of aliphatic hydroxyl groups excluding tert-OH is 1. The van der Waals surface area contributed by atoms with E-state index in [2.05, 4.69) is 26.8 Å². The summed E-state index contributed by atoms with van der Waals surface area (Å²) in [7, 11) is -4.67. The third-order valence-electron chi connectivity index (χ3n) is 9.07. The first kappa shape index (κ1) is 24.7. The van der Waals surface area contributed by atoms with Crippen LogP contribution in [-0.4, -0.2) is 40.8 Å². The normalized spacial score (nSPS) is 42.7. The molecular formula is C23H38O7S. The molecule has 3 N–H and O–H groups in total. The van der Waals surface area contributed by atoms with E-state index in [4.69, 9.17) is 22.3 Å². The molecule has 0 bridgehead atoms. The van der Waals surface area contributed by atoms with Crippen LogP contribution in [0.3, 0.4) is 0 Å². The van der Waals surface area contributed by atoms with Crippen LogP contribution in [0.2, 0.25) is 0 Å². The number of hydrogen-bond donors (Lipinski definition) is 3. The van der Waals surface area contributed by atoms with Gasteiger partial charge in [0.15, 0.2) is 0 Å². The standard InChI is InChI=1S/C23H36O3.H2O4S/c1-14(26-15(2)24)19-7-8-20-18-6-5-16-13-17(25)9-11-22(16,3)21(18)10-12-23(19,20)4;1-5(2,3)4/h5,14,17-21,25H,6-13H2,1-4H3;(H2,1,2,3,4)/t14-,17-,18-,19+,20-,21-,22-,23+;/m0./s1. The maximum atomic E-state index is 11.5. The van der Waals surface area contributed by atoms with Crippen molar-refractivity contribution in [3.63, 3.8) is 0 Å². The molecule has 0 unspecified atom stereocenters. The Balaban J connectivity index is 0.000000491. The highest BCUT2D eigenvalue weighted by Gasteiger charge is 2.59. The van der Waals surface area contributed by atoms with Crippen LogP contribution >= 0.6 is 0 Å². The molecule has 31 heavy (non-hydrogen) atoms. The fourth-order valence-electron chi connectivity index (χ4n) is 7.80. The van der Waals surface area contributed by atoms with Gasteiger partial charge < -0.3 is 9.84 Å². The number of rotatable bonds is 2. The van der Waals surface area contributed by atoms with E-state index in [1.807, 2.05) is 0 Å². The van der Waals surface area contributed by atoms with Crippen LogP contribution in [-0.2, 0) is 19.9 Å². The lowest BCUT2D eigenvalue weighted by molar-refractivity contribution is -0.152. The minimum Gasteiger partial charge on any atom is -0.463 e. The fourth-order valence-corrected chi connectivity index (χ4v) is 7.80. The van der Waals surface area contributed by atoms with Crippen LogP contribution < -0.4 is 0 Å². The quantitative estimate of drug-likeness (QED) is 0.322. The van der Waals surface area contributed by atoms with Crippen LogP contribution in [0.4, 0.5) is 0 Å². The second-order valence-electron chi connectivity index (χ2n) is 10.6. The molecule has 0 saturated heterocycles. The zero-order chi connectivity index (χ0) is 23.2. The van der Waals surface area contributed by atoms with Gasteiger partial charge in [0, 0.05) is 12.8 Å². The summed E-state index contributed by atoms with van der Waals surface area (Å²) in [6.07, 6.45) is 11.7. The molecule has 0 spiro atoms. The highest BCUT2D eigenvalue weighted by atomic mass is 32.3. The van der Waals surface area contributed by atoms with E-state index < -0.39 is 10.4 Å². The van der Waals surface area contributed by atoms with Crippen molar-refractivity contribution >= 4 is 16.4 Å². The maximum Gasteiger partial charge on any atom is 0.394 e. The van der Waals surface area contributed by atoms with Crippen LogP contribution in [0.15, 0.2) is 11.6 Å². The van der Waals surface area contributed by atoms with Crippen LogP contribution in [0.1, 0.15) is 79.1 Å². The van der Waals surface area contributed by atoms with Crippen molar-refractivity contribution in [2.45, 2.75) is 91.3 Å².